The van der Waals surface area contributed by atoms with E-state index in [-0.39, 0.29) is 11.5 Å². The van der Waals surface area contributed by atoms with E-state index < -0.39 is 11.8 Å². The van der Waals surface area contributed by atoms with Crippen LogP contribution in [0.2, 0.25) is 0 Å². The Hall–Kier alpha value is -3.35. The first-order valence-corrected chi connectivity index (χ1v) is 10.1. The predicted molar refractivity (Wildman–Crippen MR) is 113 cm³/mol. The number of ketones is 1. The zero-order valence-corrected chi connectivity index (χ0v) is 17.4. The molecular weight excluding hydrogens is 382 g/mol. The van der Waals surface area contributed by atoms with Gasteiger partial charge in [0, 0.05) is 43.5 Å². The summed E-state index contributed by atoms with van der Waals surface area (Å²) in [6.45, 7) is 5.18. The molecule has 0 unspecified atom stereocenters. The highest BCUT2D eigenvalue weighted by atomic mass is 16.5. The first-order valence-electron chi connectivity index (χ1n) is 10.1. The number of nitrogens with one attached hydrogen (secondary N) is 1. The molecule has 4 rings (SSSR count). The molecule has 1 aromatic carbocycles. The third-order valence-electron chi connectivity index (χ3n) is 5.67. The normalized spacial score (nSPS) is 19.7. The molecule has 0 amide bonds. The highest BCUT2D eigenvalue weighted by molar-refractivity contribution is 6.23. The van der Waals surface area contributed by atoms with Crippen LogP contribution in [0.5, 0.6) is 5.75 Å². The molecule has 0 spiro atoms. The van der Waals surface area contributed by atoms with Gasteiger partial charge in [0.2, 0.25) is 0 Å². The topological polar surface area (TPSA) is 93.5 Å². The number of aryl methyl sites for hydroxylation is 1. The molecule has 3 heterocycles. The second kappa shape index (κ2) is 7.82. The molecule has 156 valence electrons. The van der Waals surface area contributed by atoms with Gasteiger partial charge in [-0.25, -0.2) is 4.79 Å². The molecule has 0 atom stereocenters. The van der Waals surface area contributed by atoms with Crippen molar-refractivity contribution in [3.05, 3.63) is 52.9 Å². The van der Waals surface area contributed by atoms with Gasteiger partial charge in [-0.2, -0.15) is 5.10 Å². The summed E-state index contributed by atoms with van der Waals surface area (Å²) in [6.07, 6.45) is 6.04. The van der Waals surface area contributed by atoms with Crippen molar-refractivity contribution in [1.29, 1.82) is 0 Å². The van der Waals surface area contributed by atoms with Crippen molar-refractivity contribution in [3.63, 3.8) is 0 Å². The van der Waals surface area contributed by atoms with Gasteiger partial charge in [-0.1, -0.05) is 13.8 Å². The Balaban J connectivity index is 1.98. The monoisotopic (exact) mass is 407 g/mol. The maximum Gasteiger partial charge on any atom is 0.341 e. The molecule has 0 saturated heterocycles. The SMILES string of the molecule is CC(C)/C1=C\C(=O)/C(C(=O)O)=C\NCCc2c1cc(-c1ccnn1C)c1c2CCO1. The summed E-state index contributed by atoms with van der Waals surface area (Å²) >= 11 is 0. The van der Waals surface area contributed by atoms with Crippen molar-refractivity contribution in [2.24, 2.45) is 13.0 Å². The molecule has 0 fully saturated rings. The van der Waals surface area contributed by atoms with Crippen LogP contribution in [-0.4, -0.2) is 39.8 Å². The number of allylic oxidation sites excluding steroid dienone is 2. The van der Waals surface area contributed by atoms with E-state index in [0.29, 0.717) is 19.6 Å². The van der Waals surface area contributed by atoms with Crippen molar-refractivity contribution in [2.45, 2.75) is 26.7 Å². The molecule has 0 saturated carbocycles. The lowest BCUT2D eigenvalue weighted by molar-refractivity contribution is -0.134. The fourth-order valence-electron chi connectivity index (χ4n) is 4.20. The van der Waals surface area contributed by atoms with E-state index in [4.69, 9.17) is 4.74 Å². The molecule has 2 aromatic rings. The van der Waals surface area contributed by atoms with E-state index in [2.05, 4.69) is 16.5 Å². The van der Waals surface area contributed by atoms with Crippen LogP contribution in [0.4, 0.5) is 0 Å². The fourth-order valence-corrected chi connectivity index (χ4v) is 4.20. The Kier molecular flexibility index (Phi) is 5.20. The van der Waals surface area contributed by atoms with Crippen molar-refractivity contribution < 1.29 is 19.4 Å². The Bertz CT molecular complexity index is 1090. The van der Waals surface area contributed by atoms with Gasteiger partial charge in [0.1, 0.15) is 11.3 Å². The van der Waals surface area contributed by atoms with E-state index in [1.165, 1.54) is 12.3 Å². The maximum absolute atomic E-state index is 12.8. The van der Waals surface area contributed by atoms with Crippen molar-refractivity contribution in [1.82, 2.24) is 15.1 Å². The number of aliphatic carboxylic acids is 1. The predicted octanol–water partition coefficient (Wildman–Crippen LogP) is 2.74. The minimum atomic E-state index is -1.23. The van der Waals surface area contributed by atoms with E-state index in [1.54, 1.807) is 10.9 Å². The Labute approximate surface area is 175 Å². The van der Waals surface area contributed by atoms with Gasteiger partial charge in [-0.3, -0.25) is 9.48 Å². The number of ether oxygens (including phenoxy) is 1. The van der Waals surface area contributed by atoms with Gasteiger partial charge in [-0.15, -0.1) is 0 Å². The number of carbonyl (C=O) groups excluding carboxylic acids is 1. The van der Waals surface area contributed by atoms with E-state index in [0.717, 1.165) is 45.7 Å². The second-order valence-electron chi connectivity index (χ2n) is 7.88. The summed E-state index contributed by atoms with van der Waals surface area (Å²) in [7, 11) is 1.89. The number of rotatable bonds is 3. The first-order chi connectivity index (χ1) is 14.4. The Morgan fingerprint density at radius 1 is 1.27 bits per heavy atom. The van der Waals surface area contributed by atoms with Gasteiger partial charge in [0.25, 0.3) is 0 Å². The third-order valence-corrected chi connectivity index (χ3v) is 5.67. The summed E-state index contributed by atoms with van der Waals surface area (Å²) in [5.41, 5.74) is 5.75. The molecule has 1 aromatic heterocycles. The number of hydrogen-bond donors (Lipinski definition) is 2. The molecule has 2 N–H and O–H groups in total. The molecule has 0 radical (unpaired) electrons. The van der Waals surface area contributed by atoms with Crippen LogP contribution in [0.15, 0.2) is 36.2 Å². The molecule has 2 aliphatic heterocycles. The van der Waals surface area contributed by atoms with Crippen LogP contribution in [0.1, 0.15) is 30.5 Å². The number of carboxylic acids is 1. The Morgan fingerprint density at radius 3 is 2.73 bits per heavy atom. The lowest BCUT2D eigenvalue weighted by Crippen LogP contribution is -2.20. The Morgan fingerprint density at radius 2 is 2.07 bits per heavy atom. The minimum Gasteiger partial charge on any atom is -0.492 e. The summed E-state index contributed by atoms with van der Waals surface area (Å²) in [5.74, 6) is -0.823. The first kappa shape index (κ1) is 19.9. The molecule has 7 heteroatoms. The number of carboxylic acid groups (broad SMARTS) is 1. The summed E-state index contributed by atoms with van der Waals surface area (Å²) in [5, 5.41) is 16.7. The van der Waals surface area contributed by atoms with Gasteiger partial charge < -0.3 is 15.2 Å². The van der Waals surface area contributed by atoms with Crippen LogP contribution < -0.4 is 10.1 Å². The molecular formula is C23H25N3O4. The summed E-state index contributed by atoms with van der Waals surface area (Å²) in [4.78, 5) is 24.4. The van der Waals surface area contributed by atoms with Crippen LogP contribution >= 0.6 is 0 Å². The second-order valence-corrected chi connectivity index (χ2v) is 7.88. The molecule has 30 heavy (non-hydrogen) atoms. The van der Waals surface area contributed by atoms with Crippen LogP contribution in [-0.2, 0) is 29.5 Å². The van der Waals surface area contributed by atoms with Crippen LogP contribution in [0.25, 0.3) is 16.8 Å². The van der Waals surface area contributed by atoms with Gasteiger partial charge in [0.15, 0.2) is 5.78 Å². The van der Waals surface area contributed by atoms with E-state index in [9.17, 15) is 14.7 Å². The minimum absolute atomic E-state index is 0.0369. The number of hydrogen-bond acceptors (Lipinski definition) is 5. The van der Waals surface area contributed by atoms with Crippen LogP contribution in [0.3, 0.4) is 0 Å². The van der Waals surface area contributed by atoms with E-state index >= 15 is 0 Å². The largest absolute Gasteiger partial charge is 0.492 e. The summed E-state index contributed by atoms with van der Waals surface area (Å²) in [6, 6.07) is 4.02. The standard InChI is InChI=1S/C23H25N3O4/c1-13(2)16-11-21(27)19(23(28)29)12-24-7-4-14-15-6-9-30-22(15)18(10-17(14)16)20-5-8-25-26(20)3/h5,8,10-13,24H,4,6-7,9H2,1-3H3,(H,28,29)/b16-11+,19-12+. The quantitative estimate of drug-likeness (QED) is 0.760. The zero-order valence-electron chi connectivity index (χ0n) is 17.4. The fraction of sp³-hybridized carbons (Fsp3) is 0.348. The van der Waals surface area contributed by atoms with Crippen LogP contribution in [0, 0.1) is 5.92 Å². The summed E-state index contributed by atoms with van der Waals surface area (Å²) < 4.78 is 7.84. The third kappa shape index (κ3) is 3.40. The lowest BCUT2D eigenvalue weighted by atomic mass is 9.84. The molecule has 2 aliphatic rings. The maximum atomic E-state index is 12.8. The smallest absolute Gasteiger partial charge is 0.341 e. The van der Waals surface area contributed by atoms with E-state index in [1.807, 2.05) is 27.0 Å². The van der Waals surface area contributed by atoms with Gasteiger partial charge >= 0.3 is 5.97 Å². The highest BCUT2D eigenvalue weighted by Crippen LogP contribution is 2.43. The number of carbonyl (C=O) groups is 2. The number of benzene rings is 1. The zero-order chi connectivity index (χ0) is 21.4. The number of aromatic nitrogens is 2. The van der Waals surface area contributed by atoms with Gasteiger partial charge in [0.05, 0.1) is 12.3 Å². The van der Waals surface area contributed by atoms with Crippen molar-refractivity contribution >= 4 is 17.3 Å². The van der Waals surface area contributed by atoms with Crippen molar-refractivity contribution in [2.75, 3.05) is 13.2 Å². The molecule has 7 nitrogen and oxygen atoms in total. The average Bonchev–Trinajstić information content (AvgIpc) is 3.34. The highest BCUT2D eigenvalue weighted by Gasteiger charge is 2.28. The van der Waals surface area contributed by atoms with Crippen molar-refractivity contribution in [3.8, 4) is 17.0 Å². The number of fused-ring (bicyclic) bond motifs is 3. The lowest BCUT2D eigenvalue weighted by Gasteiger charge is -2.22. The average molecular weight is 407 g/mol. The molecule has 0 bridgehead atoms. The van der Waals surface area contributed by atoms with Gasteiger partial charge in [-0.05, 0) is 47.2 Å². The number of nitrogens with zero attached hydrogens (tertiary/aromatic N) is 2. The molecule has 0 aliphatic carbocycles.